The van der Waals surface area contributed by atoms with Crippen LogP contribution in [0, 0.1) is 0 Å². The van der Waals surface area contributed by atoms with Crippen molar-refractivity contribution in [2.24, 2.45) is 0 Å². The van der Waals surface area contributed by atoms with Crippen LogP contribution in [0.4, 0.5) is 13.2 Å². The van der Waals surface area contributed by atoms with Crippen LogP contribution >= 0.6 is 0 Å². The van der Waals surface area contributed by atoms with E-state index in [-0.39, 0.29) is 0 Å². The Balaban J connectivity index is 3.45. The molecule has 0 aliphatic carbocycles. The lowest BCUT2D eigenvalue weighted by Gasteiger charge is -1.85. The van der Waals surface area contributed by atoms with Gasteiger partial charge in [-0.2, -0.15) is 13.2 Å². The average molecular weight is 117 g/mol. The van der Waals surface area contributed by atoms with Crippen molar-refractivity contribution >= 4 is 11.7 Å². The third kappa shape index (κ3) is 3.81. The molecule has 0 aliphatic heterocycles. The third-order valence-electron chi connectivity index (χ3n) is 0.0945. The summed E-state index contributed by atoms with van der Waals surface area (Å²) < 4.78 is 40.0. The van der Waals surface area contributed by atoms with Gasteiger partial charge in [-0.1, -0.05) is 0 Å². The highest BCUT2D eigenvalue weighted by Crippen LogP contribution is 2.11. The second-order valence-corrected chi connectivity index (χ2v) is 1.16. The van der Waals surface area contributed by atoms with Crippen molar-refractivity contribution in [3.63, 3.8) is 0 Å². The smallest absolute Gasteiger partial charge is 0.208 e. The molecule has 0 saturated carbocycles. The standard InChI is InChI=1S/CF3OS/c2-1(3,4)6-5. The molecule has 6 heavy (non-hydrogen) atoms. The van der Waals surface area contributed by atoms with E-state index in [0.717, 1.165) is 0 Å². The first-order valence-corrected chi connectivity index (χ1v) is 1.68. The fourth-order valence-electron chi connectivity index (χ4n) is 0. The summed E-state index contributed by atoms with van der Waals surface area (Å²) in [4.78, 5) is 0. The first-order chi connectivity index (χ1) is 2.56. The van der Waals surface area contributed by atoms with Crippen LogP contribution in [0.1, 0.15) is 0 Å². The van der Waals surface area contributed by atoms with Gasteiger partial charge in [-0.15, -0.1) is 0 Å². The number of hydrogen-bond acceptors (Lipinski definition) is 1. The maximum absolute atomic E-state index is 10.4. The van der Waals surface area contributed by atoms with E-state index < -0.39 is 17.2 Å². The molecule has 0 saturated heterocycles. The van der Waals surface area contributed by atoms with Gasteiger partial charge in [-0.05, 0) is 0 Å². The highest BCUT2D eigenvalue weighted by Gasteiger charge is 2.27. The van der Waals surface area contributed by atoms with E-state index in [4.69, 9.17) is 4.21 Å². The highest BCUT2D eigenvalue weighted by molar-refractivity contribution is 7.66. The molecule has 0 aromatic heterocycles. The Hall–Kier alpha value is -0.190. The molecule has 0 aromatic carbocycles. The zero-order valence-electron chi connectivity index (χ0n) is 2.45. The van der Waals surface area contributed by atoms with E-state index in [2.05, 4.69) is 0 Å². The molecule has 1 radical (unpaired) electrons. The van der Waals surface area contributed by atoms with Crippen molar-refractivity contribution in [1.82, 2.24) is 0 Å². The lowest BCUT2D eigenvalue weighted by Crippen LogP contribution is -2.02. The molecule has 0 amide bonds. The van der Waals surface area contributed by atoms with Crippen LogP contribution in [-0.2, 0) is 11.7 Å². The highest BCUT2D eigenvalue weighted by atomic mass is 32.1. The summed E-state index contributed by atoms with van der Waals surface area (Å²) in [6.07, 6.45) is 0. The molecule has 0 unspecified atom stereocenters. The normalized spacial score (nSPS) is 11.2. The lowest BCUT2D eigenvalue weighted by atomic mass is 11.6. The Morgan fingerprint density at radius 3 is 1.50 bits per heavy atom. The van der Waals surface area contributed by atoms with E-state index >= 15 is 0 Å². The van der Waals surface area contributed by atoms with Crippen LogP contribution < -0.4 is 0 Å². The number of rotatable bonds is 0. The van der Waals surface area contributed by atoms with Crippen molar-refractivity contribution in [2.45, 2.75) is 5.51 Å². The number of hydrogen-bond donors (Lipinski definition) is 0. The molecule has 0 rings (SSSR count). The second-order valence-electron chi connectivity index (χ2n) is 0.529. The van der Waals surface area contributed by atoms with Gasteiger partial charge in [-0.25, -0.2) is 4.21 Å². The minimum atomic E-state index is -4.60. The van der Waals surface area contributed by atoms with Crippen molar-refractivity contribution in [3.05, 3.63) is 0 Å². The Bertz CT molecular complexity index is 56.3. The summed E-state index contributed by atoms with van der Waals surface area (Å²) in [5.74, 6) is 0. The van der Waals surface area contributed by atoms with E-state index in [9.17, 15) is 13.2 Å². The molecule has 1 nitrogen and oxygen atoms in total. The summed E-state index contributed by atoms with van der Waals surface area (Å²) in [5, 5.41) is 0. The molecule has 0 spiro atoms. The zero-order chi connectivity index (χ0) is 5.21. The van der Waals surface area contributed by atoms with E-state index in [1.807, 2.05) is 0 Å². The largest absolute Gasteiger partial charge is 0.499 e. The Morgan fingerprint density at radius 1 is 1.33 bits per heavy atom. The predicted octanol–water partition coefficient (Wildman–Crippen LogP) is 0.719. The van der Waals surface area contributed by atoms with Crippen LogP contribution in [0.15, 0.2) is 0 Å². The van der Waals surface area contributed by atoms with Crippen molar-refractivity contribution in [2.75, 3.05) is 0 Å². The zero-order valence-corrected chi connectivity index (χ0v) is 3.27. The molecule has 0 atom stereocenters. The van der Waals surface area contributed by atoms with Crippen LogP contribution in [0.5, 0.6) is 0 Å². The number of alkyl halides is 3. The van der Waals surface area contributed by atoms with Gasteiger partial charge in [0.15, 0.2) is 11.7 Å². The molecule has 5 heteroatoms. The van der Waals surface area contributed by atoms with Gasteiger partial charge < -0.3 is 0 Å². The van der Waals surface area contributed by atoms with Crippen molar-refractivity contribution < 1.29 is 17.4 Å². The van der Waals surface area contributed by atoms with E-state index in [1.54, 1.807) is 0 Å². The van der Waals surface area contributed by atoms with Gasteiger partial charge >= 0.3 is 5.51 Å². The SMILES string of the molecule is O=[S]C(F)(F)F. The van der Waals surface area contributed by atoms with E-state index in [1.165, 1.54) is 0 Å². The Kier molecular flexibility index (Phi) is 1.46. The van der Waals surface area contributed by atoms with Gasteiger partial charge in [0, 0.05) is 0 Å². The second kappa shape index (κ2) is 1.51. The molecule has 0 aromatic rings. The van der Waals surface area contributed by atoms with E-state index in [0.29, 0.717) is 0 Å². The van der Waals surface area contributed by atoms with Crippen LogP contribution in [0.2, 0.25) is 0 Å². The molecule has 0 N–H and O–H groups in total. The fourth-order valence-corrected chi connectivity index (χ4v) is 0. The molecular formula is CF3OS. The molecular weight excluding hydrogens is 117 g/mol. The average Bonchev–Trinajstić information content (AvgIpc) is 1.35. The van der Waals surface area contributed by atoms with Crippen LogP contribution in [-0.4, -0.2) is 9.72 Å². The molecule has 0 aliphatic rings. The summed E-state index contributed by atoms with van der Waals surface area (Å²) in [6.45, 7) is 0. The van der Waals surface area contributed by atoms with Gasteiger partial charge in [-0.3, -0.25) is 0 Å². The van der Waals surface area contributed by atoms with Gasteiger partial charge in [0.1, 0.15) is 0 Å². The fraction of sp³-hybridized carbons (Fsp3) is 1.00. The monoisotopic (exact) mass is 117 g/mol. The Labute approximate surface area is 35.6 Å². The molecule has 0 bridgehead atoms. The summed E-state index contributed by atoms with van der Waals surface area (Å²) in [5.41, 5.74) is -4.60. The van der Waals surface area contributed by atoms with Crippen LogP contribution in [0.3, 0.4) is 0 Å². The first-order valence-electron chi connectivity index (χ1n) is 0.938. The molecule has 0 heterocycles. The minimum absolute atomic E-state index is 1.37. The lowest BCUT2D eigenvalue weighted by molar-refractivity contribution is -0.0353. The molecule has 37 valence electrons. The van der Waals surface area contributed by atoms with Crippen LogP contribution in [0.25, 0.3) is 0 Å². The summed E-state index contributed by atoms with van der Waals surface area (Å²) >= 11 is -1.37. The third-order valence-corrected chi connectivity index (χ3v) is 0.283. The van der Waals surface area contributed by atoms with Crippen molar-refractivity contribution in [3.8, 4) is 0 Å². The van der Waals surface area contributed by atoms with Crippen molar-refractivity contribution in [1.29, 1.82) is 0 Å². The summed E-state index contributed by atoms with van der Waals surface area (Å²) in [6, 6.07) is 0. The predicted molar refractivity (Wildman–Crippen MR) is 14.2 cm³/mol. The summed E-state index contributed by atoms with van der Waals surface area (Å²) in [7, 11) is 0. The van der Waals surface area contributed by atoms with Gasteiger partial charge in [0.25, 0.3) is 0 Å². The topological polar surface area (TPSA) is 17.1 Å². The van der Waals surface area contributed by atoms with Gasteiger partial charge in [0.05, 0.1) is 0 Å². The molecule has 0 fully saturated rings. The van der Waals surface area contributed by atoms with Gasteiger partial charge in [0.2, 0.25) is 0 Å². The minimum Gasteiger partial charge on any atom is -0.208 e. The maximum atomic E-state index is 10.4. The Morgan fingerprint density at radius 2 is 1.50 bits per heavy atom. The number of halogens is 3. The maximum Gasteiger partial charge on any atom is 0.499 e. The first kappa shape index (κ1) is 5.81. The quantitative estimate of drug-likeness (QED) is 0.457.